The molecule has 0 fully saturated rings. The third kappa shape index (κ3) is 6.33. The monoisotopic (exact) mass is 300 g/mol. The lowest BCUT2D eigenvalue weighted by Crippen LogP contribution is -2.55. The topological polar surface area (TPSA) is 19.0 Å². The summed E-state index contributed by atoms with van der Waals surface area (Å²) in [7, 11) is 21.0. The van der Waals surface area contributed by atoms with Crippen LogP contribution in [0, 0.1) is 0 Å². The lowest BCUT2D eigenvalue weighted by Gasteiger charge is -2.27. The van der Waals surface area contributed by atoms with E-state index in [1.54, 1.807) is 0 Å². The van der Waals surface area contributed by atoms with E-state index in [0.717, 1.165) is 19.5 Å². The molecule has 0 saturated heterocycles. The van der Waals surface area contributed by atoms with Gasteiger partial charge in [-0.3, -0.25) is 19.0 Å². The van der Waals surface area contributed by atoms with Crippen molar-refractivity contribution in [2.75, 3.05) is 83.6 Å². The maximum atomic E-state index is 2.38. The maximum Gasteiger partial charge on any atom is 0.359 e. The van der Waals surface area contributed by atoms with Crippen LogP contribution in [0.3, 0.4) is 0 Å². The van der Waals surface area contributed by atoms with Gasteiger partial charge < -0.3 is 4.90 Å². The SMILES string of the molecule is CN(C)CCCN(C(N(C)C)=[N+](C)C)C(N(C)C)=[N+](C)C. The molecule has 6 heteroatoms. The zero-order chi connectivity index (χ0) is 16.7. The molecule has 124 valence electrons. The molecule has 0 bridgehead atoms. The van der Waals surface area contributed by atoms with E-state index >= 15 is 0 Å². The van der Waals surface area contributed by atoms with Crippen molar-refractivity contribution >= 4 is 11.9 Å². The largest absolute Gasteiger partial charge is 0.359 e. The highest BCUT2D eigenvalue weighted by Gasteiger charge is 2.32. The Bertz CT molecular complexity index is 344. The minimum Gasteiger partial charge on any atom is -0.309 e. The molecule has 0 heterocycles. The Morgan fingerprint density at radius 3 is 1.29 bits per heavy atom. The van der Waals surface area contributed by atoms with Gasteiger partial charge in [0.05, 0.1) is 62.9 Å². The van der Waals surface area contributed by atoms with E-state index in [-0.39, 0.29) is 0 Å². The molecule has 0 unspecified atom stereocenters. The van der Waals surface area contributed by atoms with Crippen LogP contribution in [-0.2, 0) is 0 Å². The number of hydrogen-bond acceptors (Lipinski definition) is 1. The van der Waals surface area contributed by atoms with Crippen molar-refractivity contribution in [3.05, 3.63) is 0 Å². The van der Waals surface area contributed by atoms with Crippen LogP contribution >= 0.6 is 0 Å². The second-order valence-electron chi connectivity index (χ2n) is 6.49. The zero-order valence-electron chi connectivity index (χ0n) is 15.8. The Morgan fingerprint density at radius 2 is 1.05 bits per heavy atom. The molecule has 0 saturated carbocycles. The van der Waals surface area contributed by atoms with Gasteiger partial charge in [-0.2, -0.15) is 4.90 Å². The van der Waals surface area contributed by atoms with E-state index in [1.165, 1.54) is 11.9 Å². The first-order valence-corrected chi connectivity index (χ1v) is 7.45. The highest BCUT2D eigenvalue weighted by atomic mass is 15.5. The number of nitrogens with zero attached hydrogens (tertiary/aromatic N) is 6. The van der Waals surface area contributed by atoms with Crippen molar-refractivity contribution in [3.63, 3.8) is 0 Å². The van der Waals surface area contributed by atoms with Gasteiger partial charge in [0, 0.05) is 6.54 Å². The fourth-order valence-electron chi connectivity index (χ4n) is 2.60. The van der Waals surface area contributed by atoms with Crippen LogP contribution < -0.4 is 0 Å². The van der Waals surface area contributed by atoms with Gasteiger partial charge in [-0.05, 0) is 20.5 Å². The van der Waals surface area contributed by atoms with Gasteiger partial charge in [-0.1, -0.05) is 0 Å². The van der Waals surface area contributed by atoms with Crippen molar-refractivity contribution in [3.8, 4) is 0 Å². The first kappa shape index (κ1) is 19.7. The van der Waals surface area contributed by atoms with Crippen LogP contribution in [0.5, 0.6) is 0 Å². The van der Waals surface area contributed by atoms with Crippen molar-refractivity contribution in [2.24, 2.45) is 0 Å². The van der Waals surface area contributed by atoms with Gasteiger partial charge in [0.1, 0.15) is 0 Å². The van der Waals surface area contributed by atoms with Crippen molar-refractivity contribution in [2.45, 2.75) is 6.42 Å². The average molecular weight is 300 g/mol. The van der Waals surface area contributed by atoms with E-state index in [4.69, 9.17) is 0 Å². The summed E-state index contributed by atoms with van der Waals surface area (Å²) in [4.78, 5) is 8.95. The Balaban J connectivity index is 5.57. The van der Waals surface area contributed by atoms with Crippen molar-refractivity contribution in [1.29, 1.82) is 0 Å². The fourth-order valence-corrected chi connectivity index (χ4v) is 2.60. The summed E-state index contributed by atoms with van der Waals surface area (Å²) in [5.74, 6) is 2.37. The summed E-state index contributed by atoms with van der Waals surface area (Å²) in [6.07, 6.45) is 1.11. The van der Waals surface area contributed by atoms with E-state index < -0.39 is 0 Å². The van der Waals surface area contributed by atoms with E-state index in [9.17, 15) is 0 Å². The Hall–Kier alpha value is -1.30. The first-order valence-electron chi connectivity index (χ1n) is 7.45. The van der Waals surface area contributed by atoms with Crippen LogP contribution in [0.15, 0.2) is 0 Å². The van der Waals surface area contributed by atoms with Gasteiger partial charge in [0.25, 0.3) is 0 Å². The molecule has 0 aliphatic rings. The van der Waals surface area contributed by atoms with Gasteiger partial charge in [0.2, 0.25) is 0 Å². The summed E-state index contributed by atoms with van der Waals surface area (Å²) < 4.78 is 4.34. The Labute approximate surface area is 131 Å². The molecule has 0 spiro atoms. The molecule has 0 amide bonds. The van der Waals surface area contributed by atoms with Crippen molar-refractivity contribution in [1.82, 2.24) is 19.6 Å². The maximum absolute atomic E-state index is 2.38. The molecule has 0 aromatic rings. The predicted octanol–water partition coefficient (Wildman–Crippen LogP) is -0.380. The van der Waals surface area contributed by atoms with Gasteiger partial charge in [0.15, 0.2) is 0 Å². The molecule has 0 radical (unpaired) electrons. The van der Waals surface area contributed by atoms with E-state index in [0.29, 0.717) is 0 Å². The smallest absolute Gasteiger partial charge is 0.309 e. The van der Waals surface area contributed by atoms with E-state index in [2.05, 4.69) is 99.2 Å². The number of rotatable bonds is 4. The molecule has 0 rings (SSSR count). The molecule has 0 atom stereocenters. The molecule has 0 aromatic carbocycles. The molecule has 21 heavy (non-hydrogen) atoms. The summed E-state index contributed by atoms with van der Waals surface area (Å²) in [5.41, 5.74) is 0. The summed E-state index contributed by atoms with van der Waals surface area (Å²) in [6, 6.07) is 0. The predicted molar refractivity (Wildman–Crippen MR) is 91.5 cm³/mol. The van der Waals surface area contributed by atoms with Crippen LogP contribution in [0.4, 0.5) is 0 Å². The number of guanidine groups is 2. The second kappa shape index (κ2) is 8.87. The lowest BCUT2D eigenvalue weighted by atomic mass is 10.3. The van der Waals surface area contributed by atoms with Gasteiger partial charge in [-0.15, -0.1) is 0 Å². The Kier molecular flexibility index (Phi) is 8.32. The molecule has 0 N–H and O–H groups in total. The Morgan fingerprint density at radius 1 is 0.667 bits per heavy atom. The van der Waals surface area contributed by atoms with Crippen LogP contribution in [0.25, 0.3) is 0 Å². The molecule has 0 aliphatic carbocycles. The summed E-state index contributed by atoms with van der Waals surface area (Å²) >= 11 is 0. The van der Waals surface area contributed by atoms with Gasteiger partial charge >= 0.3 is 11.9 Å². The van der Waals surface area contributed by atoms with Crippen LogP contribution in [-0.4, -0.2) is 124 Å². The van der Waals surface area contributed by atoms with Crippen LogP contribution in [0.1, 0.15) is 6.42 Å². The highest BCUT2D eigenvalue weighted by molar-refractivity contribution is 5.93. The van der Waals surface area contributed by atoms with Gasteiger partial charge in [-0.25, -0.2) is 0 Å². The normalized spacial score (nSPS) is 10.4. The second-order valence-corrected chi connectivity index (χ2v) is 6.49. The lowest BCUT2D eigenvalue weighted by molar-refractivity contribution is -0.485. The van der Waals surface area contributed by atoms with Crippen LogP contribution in [0.2, 0.25) is 0 Å². The molecular formula is C15H36N6+2. The van der Waals surface area contributed by atoms with Crippen molar-refractivity contribution < 1.29 is 9.15 Å². The minimum absolute atomic E-state index is 0.982. The molecule has 0 aliphatic heterocycles. The quantitative estimate of drug-likeness (QED) is 0.400. The highest BCUT2D eigenvalue weighted by Crippen LogP contribution is 2.02. The average Bonchev–Trinajstić information content (AvgIpc) is 2.25. The standard InChI is InChI=1S/C15H36N6/c1-16(2)12-11-13-21(14(17(3)4)18(5)6)15(19(7)8)20(9)10/h11-13H2,1-10H3/q+2. The zero-order valence-corrected chi connectivity index (χ0v) is 15.8. The summed E-state index contributed by atoms with van der Waals surface area (Å²) in [6.45, 7) is 2.06. The fraction of sp³-hybridized carbons (Fsp3) is 0.867. The third-order valence-electron chi connectivity index (χ3n) is 3.07. The minimum atomic E-state index is 0.982. The first-order chi connectivity index (χ1) is 9.59. The third-order valence-corrected chi connectivity index (χ3v) is 3.07. The van der Waals surface area contributed by atoms with E-state index in [1.807, 2.05) is 0 Å². The molecular weight excluding hydrogens is 264 g/mol. The molecule has 0 aromatic heterocycles. The summed E-state index contributed by atoms with van der Waals surface area (Å²) in [5, 5.41) is 0. The molecule has 6 nitrogen and oxygen atoms in total. The number of hydrogen-bond donors (Lipinski definition) is 0.